The molecule has 0 amide bonds. The van der Waals surface area contributed by atoms with Crippen molar-refractivity contribution in [2.75, 3.05) is 14.2 Å². The number of hydrogen-bond acceptors (Lipinski definition) is 12. The van der Waals surface area contributed by atoms with Gasteiger partial charge in [-0.3, -0.25) is 8.37 Å². The molecule has 4 N–H and O–H groups in total. The minimum absolute atomic E-state index is 0.110. The van der Waals surface area contributed by atoms with Crippen molar-refractivity contribution in [3.8, 4) is 0 Å². The zero-order chi connectivity index (χ0) is 39.7. The molecule has 0 unspecified atom stereocenters. The lowest BCUT2D eigenvalue weighted by atomic mass is 9.95. The van der Waals surface area contributed by atoms with Crippen molar-refractivity contribution in [3.63, 3.8) is 0 Å². The van der Waals surface area contributed by atoms with Crippen molar-refractivity contribution in [2.24, 2.45) is 0 Å². The summed E-state index contributed by atoms with van der Waals surface area (Å²) in [6.45, 7) is 3.78. The number of benzene rings is 2. The van der Waals surface area contributed by atoms with Gasteiger partial charge < -0.3 is 29.9 Å². The average Bonchev–Trinajstić information content (AvgIpc) is 3.15. The summed E-state index contributed by atoms with van der Waals surface area (Å²) in [7, 11) is -4.21. The second kappa shape index (κ2) is 23.3. The Bertz CT molecular complexity index is 1430. The van der Waals surface area contributed by atoms with Crippen molar-refractivity contribution < 1.29 is 55.1 Å². The lowest BCUT2D eigenvalue weighted by Crippen LogP contribution is -2.34. The van der Waals surface area contributed by atoms with Gasteiger partial charge in [-0.1, -0.05) is 86.8 Å². The highest BCUT2D eigenvalue weighted by atomic mass is 32.2. The summed E-state index contributed by atoms with van der Waals surface area (Å²) in [6, 6.07) is 13.0. The van der Waals surface area contributed by atoms with Crippen LogP contribution < -0.4 is 0 Å². The molecule has 4 saturated carbocycles. The molecule has 4 fully saturated rings. The van der Waals surface area contributed by atoms with Crippen LogP contribution in [-0.4, -0.2) is 100 Å². The Morgan fingerprint density at radius 1 is 0.426 bits per heavy atom. The van der Waals surface area contributed by atoms with Crippen LogP contribution in [0.3, 0.4) is 0 Å². The van der Waals surface area contributed by atoms with Crippen molar-refractivity contribution in [3.05, 3.63) is 59.7 Å². The predicted molar refractivity (Wildman–Crippen MR) is 206 cm³/mol. The molecule has 0 saturated heterocycles. The van der Waals surface area contributed by atoms with E-state index in [-0.39, 0.29) is 34.2 Å². The van der Waals surface area contributed by atoms with Gasteiger partial charge in [0.1, 0.15) is 12.2 Å². The van der Waals surface area contributed by atoms with Crippen LogP contribution in [0.25, 0.3) is 0 Å². The Morgan fingerprint density at radius 2 is 0.667 bits per heavy atom. The Morgan fingerprint density at radius 3 is 0.889 bits per heavy atom. The molecular formula is C40H64O12S2. The molecule has 0 heterocycles. The van der Waals surface area contributed by atoms with E-state index in [1.807, 2.05) is 13.8 Å². The number of methoxy groups -OCH3 is 2. The third-order valence-electron chi connectivity index (χ3n) is 10.4. The Labute approximate surface area is 323 Å². The first kappa shape index (κ1) is 46.4. The van der Waals surface area contributed by atoms with Crippen LogP contribution in [0.15, 0.2) is 58.3 Å². The Balaban J connectivity index is 0.000000204. The molecule has 0 aliphatic heterocycles. The topological polar surface area (TPSA) is 186 Å². The first-order valence-electron chi connectivity index (χ1n) is 19.4. The van der Waals surface area contributed by atoms with Gasteiger partial charge in [-0.2, -0.15) is 16.8 Å². The van der Waals surface area contributed by atoms with Gasteiger partial charge in [0.05, 0.1) is 46.4 Å². The molecule has 0 radical (unpaired) electrons. The van der Waals surface area contributed by atoms with Crippen molar-refractivity contribution >= 4 is 20.2 Å². The maximum absolute atomic E-state index is 12.0. The Kier molecular flexibility index (Phi) is 20.0. The van der Waals surface area contributed by atoms with Crippen LogP contribution in [0.2, 0.25) is 0 Å². The summed E-state index contributed by atoms with van der Waals surface area (Å²) in [5, 5.41) is 38.0. The standard InChI is InChI=1S/2C13H18O4S.2C7H14O2/c2*1-10-6-8-11(9-7-10)18(15,16)17-13-5-3-2-4-12(13)14;2*1-9-7-5-3-2-4-6(7)8/h2*6-9,12-14H,2-5H2,1H3;2*6-8H,2-5H2,1H3/t2*12-,13+;2*6-,7+/m1010/s1. The fraction of sp³-hybridized carbons (Fsp3) is 0.700. The number of aliphatic hydroxyl groups excluding tert-OH is 4. The van der Waals surface area contributed by atoms with E-state index in [4.69, 9.17) is 17.8 Å². The van der Waals surface area contributed by atoms with E-state index >= 15 is 0 Å². The largest absolute Gasteiger partial charge is 0.390 e. The molecule has 8 atom stereocenters. The van der Waals surface area contributed by atoms with Gasteiger partial charge in [0, 0.05) is 14.2 Å². The van der Waals surface area contributed by atoms with E-state index in [9.17, 15) is 37.3 Å². The summed E-state index contributed by atoms with van der Waals surface area (Å²) in [5.74, 6) is 0. The molecule has 4 aliphatic rings. The molecule has 6 rings (SSSR count). The van der Waals surface area contributed by atoms with E-state index in [1.165, 1.54) is 37.1 Å². The van der Waals surface area contributed by atoms with Gasteiger partial charge in [-0.25, -0.2) is 0 Å². The quantitative estimate of drug-likeness (QED) is 0.233. The lowest BCUT2D eigenvalue weighted by molar-refractivity contribution is -0.0359. The molecule has 0 aromatic heterocycles. The summed E-state index contributed by atoms with van der Waals surface area (Å²) in [6.07, 6.45) is 11.9. The highest BCUT2D eigenvalue weighted by molar-refractivity contribution is 7.87. The van der Waals surface area contributed by atoms with Crippen LogP contribution in [0.4, 0.5) is 0 Å². The van der Waals surface area contributed by atoms with Crippen molar-refractivity contribution in [2.45, 2.75) is 175 Å². The molecular weight excluding hydrogens is 737 g/mol. The van der Waals surface area contributed by atoms with E-state index in [2.05, 4.69) is 0 Å². The summed E-state index contributed by atoms with van der Waals surface area (Å²) < 4.78 is 68.5. The van der Waals surface area contributed by atoms with Crippen LogP contribution in [0.5, 0.6) is 0 Å². The van der Waals surface area contributed by atoms with Crippen LogP contribution in [0, 0.1) is 13.8 Å². The first-order valence-corrected chi connectivity index (χ1v) is 22.3. The molecule has 2 aromatic rings. The third-order valence-corrected chi connectivity index (χ3v) is 13.1. The maximum atomic E-state index is 12.0. The van der Waals surface area contributed by atoms with E-state index in [0.29, 0.717) is 25.7 Å². The van der Waals surface area contributed by atoms with Crippen LogP contribution in [0.1, 0.15) is 114 Å². The lowest BCUT2D eigenvalue weighted by Gasteiger charge is -2.26. The van der Waals surface area contributed by atoms with Gasteiger partial charge in [-0.15, -0.1) is 0 Å². The fourth-order valence-corrected chi connectivity index (χ4v) is 9.19. The minimum atomic E-state index is -3.77. The summed E-state index contributed by atoms with van der Waals surface area (Å²) in [4.78, 5) is 0.289. The molecule has 0 spiro atoms. The molecule has 54 heavy (non-hydrogen) atoms. The molecule has 12 nitrogen and oxygen atoms in total. The van der Waals surface area contributed by atoms with Crippen molar-refractivity contribution in [1.82, 2.24) is 0 Å². The monoisotopic (exact) mass is 800 g/mol. The molecule has 2 aromatic carbocycles. The van der Waals surface area contributed by atoms with Crippen LogP contribution in [-0.2, 0) is 38.1 Å². The van der Waals surface area contributed by atoms with Gasteiger partial charge in [0.15, 0.2) is 0 Å². The van der Waals surface area contributed by atoms with Gasteiger partial charge in [0.2, 0.25) is 0 Å². The SMILES string of the molecule is CO[C@@H]1CCCC[C@@H]1O.CO[C@H]1CCCC[C@H]1O.Cc1ccc(S(=O)(=O)O[C@@H]2CCCC[C@@H]2O)cc1.Cc1ccc(S(=O)(=O)O[C@H]2CCCC[C@H]2O)cc1. The molecule has 4 aliphatic carbocycles. The minimum Gasteiger partial charge on any atom is -0.390 e. The first-order chi connectivity index (χ1) is 25.7. The number of aryl methyl sites for hydroxylation is 2. The van der Waals surface area contributed by atoms with Gasteiger partial charge in [-0.05, 0) is 89.5 Å². The van der Waals surface area contributed by atoms with E-state index in [0.717, 1.165) is 75.3 Å². The van der Waals surface area contributed by atoms with Crippen LogP contribution >= 0.6 is 0 Å². The zero-order valence-electron chi connectivity index (χ0n) is 32.4. The summed E-state index contributed by atoms with van der Waals surface area (Å²) >= 11 is 0. The fourth-order valence-electron chi connectivity index (χ4n) is 6.93. The molecule has 0 bridgehead atoms. The maximum Gasteiger partial charge on any atom is 0.297 e. The Hall–Kier alpha value is -1.98. The number of aliphatic hydroxyl groups is 4. The molecule has 308 valence electrons. The normalized spacial score (nSPS) is 28.9. The zero-order valence-corrected chi connectivity index (χ0v) is 34.1. The molecule has 14 heteroatoms. The second-order valence-electron chi connectivity index (χ2n) is 14.8. The van der Waals surface area contributed by atoms with E-state index < -0.39 is 44.7 Å². The smallest absolute Gasteiger partial charge is 0.297 e. The predicted octanol–water partition coefficient (Wildman–Crippen LogP) is 5.88. The van der Waals surface area contributed by atoms with Gasteiger partial charge in [0.25, 0.3) is 20.2 Å². The highest BCUT2D eigenvalue weighted by Crippen LogP contribution is 2.27. The highest BCUT2D eigenvalue weighted by Gasteiger charge is 2.31. The summed E-state index contributed by atoms with van der Waals surface area (Å²) in [5.41, 5.74) is 1.98. The number of hydrogen-bond donors (Lipinski definition) is 4. The number of ether oxygens (including phenoxy) is 2. The third kappa shape index (κ3) is 15.5. The second-order valence-corrected chi connectivity index (χ2v) is 17.9. The van der Waals surface area contributed by atoms with Gasteiger partial charge >= 0.3 is 0 Å². The number of rotatable bonds is 8. The average molecular weight is 801 g/mol. The van der Waals surface area contributed by atoms with Crippen molar-refractivity contribution in [1.29, 1.82) is 0 Å². The van der Waals surface area contributed by atoms with E-state index in [1.54, 1.807) is 38.5 Å².